The van der Waals surface area contributed by atoms with E-state index in [1.54, 1.807) is 18.2 Å². The minimum Gasteiger partial charge on any atom is -0.478 e. The number of hydrogen-bond donors (Lipinski definition) is 3. The molecule has 1 aromatic heterocycles. The highest BCUT2D eigenvalue weighted by molar-refractivity contribution is 6.33. The lowest BCUT2D eigenvalue weighted by Gasteiger charge is -2.05. The highest BCUT2D eigenvalue weighted by Gasteiger charge is 2.12. The predicted octanol–water partition coefficient (Wildman–Crippen LogP) is 4.17. The quantitative estimate of drug-likeness (QED) is 0.400. The molecule has 1 heterocycles. The Morgan fingerprint density at radius 2 is 1.90 bits per heavy atom. The first-order chi connectivity index (χ1) is 13.9. The maximum atomic E-state index is 11.8. The molecule has 29 heavy (non-hydrogen) atoms. The molecule has 0 saturated heterocycles. The molecular formula is C21H18ClN3O4. The molecule has 0 atom stereocenters. The van der Waals surface area contributed by atoms with Gasteiger partial charge in [-0.05, 0) is 49.4 Å². The Morgan fingerprint density at radius 1 is 1.14 bits per heavy atom. The zero-order chi connectivity index (χ0) is 20.8. The summed E-state index contributed by atoms with van der Waals surface area (Å²) in [6.45, 7) is 2.07. The summed E-state index contributed by atoms with van der Waals surface area (Å²) in [6.07, 6.45) is 1.36. The number of carboxylic acids is 1. The zero-order valence-electron chi connectivity index (χ0n) is 15.5. The molecule has 1 amide bonds. The number of benzene rings is 2. The lowest BCUT2D eigenvalue weighted by atomic mass is 10.1. The van der Waals surface area contributed by atoms with Crippen LogP contribution in [0.1, 0.15) is 21.7 Å². The van der Waals surface area contributed by atoms with Crippen LogP contribution in [0.15, 0.2) is 64.1 Å². The summed E-state index contributed by atoms with van der Waals surface area (Å²) < 4.78 is 5.61. The fourth-order valence-corrected chi connectivity index (χ4v) is 2.68. The molecule has 0 fully saturated rings. The van der Waals surface area contributed by atoms with Crippen molar-refractivity contribution in [3.05, 3.63) is 76.5 Å². The van der Waals surface area contributed by atoms with E-state index in [2.05, 4.69) is 15.8 Å². The monoisotopic (exact) mass is 411 g/mol. The Hall–Kier alpha value is -3.58. The molecule has 3 N–H and O–H groups in total. The Labute approximate surface area is 172 Å². The first-order valence-electron chi connectivity index (χ1n) is 8.68. The second-order valence-corrected chi connectivity index (χ2v) is 6.62. The average molecular weight is 412 g/mol. The number of carboxylic acid groups (broad SMARTS) is 1. The van der Waals surface area contributed by atoms with E-state index in [9.17, 15) is 9.59 Å². The third kappa shape index (κ3) is 5.46. The molecule has 0 aliphatic heterocycles. The van der Waals surface area contributed by atoms with Crippen LogP contribution in [0.3, 0.4) is 0 Å². The van der Waals surface area contributed by atoms with Crippen molar-refractivity contribution in [2.45, 2.75) is 6.92 Å². The van der Waals surface area contributed by atoms with Crippen molar-refractivity contribution in [3.63, 3.8) is 0 Å². The van der Waals surface area contributed by atoms with Gasteiger partial charge in [0.2, 0.25) is 0 Å². The van der Waals surface area contributed by atoms with Crippen LogP contribution in [0.2, 0.25) is 5.02 Å². The van der Waals surface area contributed by atoms with E-state index < -0.39 is 5.97 Å². The Bertz CT molecular complexity index is 1060. The molecule has 8 heteroatoms. The number of aromatic carboxylic acids is 1. The molecule has 0 saturated carbocycles. The van der Waals surface area contributed by atoms with E-state index in [0.717, 1.165) is 11.3 Å². The maximum Gasteiger partial charge on any atom is 0.337 e. The fourth-order valence-electron chi connectivity index (χ4n) is 2.48. The summed E-state index contributed by atoms with van der Waals surface area (Å²) in [5, 5.41) is 16.2. The number of nitrogens with one attached hydrogen (secondary N) is 2. The molecule has 7 nitrogen and oxygen atoms in total. The summed E-state index contributed by atoms with van der Waals surface area (Å²) in [6, 6.07) is 15.6. The fraction of sp³-hybridized carbons (Fsp3) is 0.0952. The van der Waals surface area contributed by atoms with Crippen LogP contribution in [-0.2, 0) is 4.79 Å². The zero-order valence-corrected chi connectivity index (χ0v) is 16.2. The summed E-state index contributed by atoms with van der Waals surface area (Å²) in [4.78, 5) is 23.0. The maximum absolute atomic E-state index is 11.8. The van der Waals surface area contributed by atoms with Gasteiger partial charge in [-0.1, -0.05) is 29.3 Å². The van der Waals surface area contributed by atoms with Crippen molar-refractivity contribution in [1.82, 2.24) is 5.43 Å². The smallest absolute Gasteiger partial charge is 0.337 e. The number of anilines is 1. The van der Waals surface area contributed by atoms with Gasteiger partial charge < -0.3 is 14.8 Å². The molecule has 0 aliphatic rings. The highest BCUT2D eigenvalue weighted by atomic mass is 35.5. The van der Waals surface area contributed by atoms with Gasteiger partial charge >= 0.3 is 5.97 Å². The van der Waals surface area contributed by atoms with E-state index in [1.807, 2.05) is 31.2 Å². The normalized spacial score (nSPS) is 10.8. The topological polar surface area (TPSA) is 104 Å². The third-order valence-corrected chi connectivity index (χ3v) is 4.32. The van der Waals surface area contributed by atoms with Crippen molar-refractivity contribution in [2.75, 3.05) is 11.9 Å². The van der Waals surface area contributed by atoms with Gasteiger partial charge in [-0.3, -0.25) is 4.79 Å². The number of hydrazone groups is 1. The molecule has 0 bridgehead atoms. The van der Waals surface area contributed by atoms with Crippen LogP contribution in [0.4, 0.5) is 5.69 Å². The van der Waals surface area contributed by atoms with Crippen molar-refractivity contribution in [3.8, 4) is 11.3 Å². The van der Waals surface area contributed by atoms with Crippen LogP contribution < -0.4 is 10.7 Å². The second kappa shape index (κ2) is 9.07. The number of aryl methyl sites for hydroxylation is 1. The summed E-state index contributed by atoms with van der Waals surface area (Å²) >= 11 is 5.88. The average Bonchev–Trinajstić information content (AvgIpc) is 3.16. The first kappa shape index (κ1) is 20.2. The lowest BCUT2D eigenvalue weighted by Crippen LogP contribution is -2.25. The number of halogens is 1. The van der Waals surface area contributed by atoms with Crippen molar-refractivity contribution >= 4 is 35.4 Å². The molecule has 148 valence electrons. The second-order valence-electron chi connectivity index (χ2n) is 6.21. The number of furan rings is 1. The molecule has 3 rings (SSSR count). The summed E-state index contributed by atoms with van der Waals surface area (Å²) in [5.41, 5.74) is 4.94. The van der Waals surface area contributed by atoms with Crippen molar-refractivity contribution in [2.24, 2.45) is 5.10 Å². The number of carbonyl (C=O) groups excluding carboxylic acids is 1. The minimum absolute atomic E-state index is 0.0101. The Morgan fingerprint density at radius 3 is 2.62 bits per heavy atom. The first-order valence-corrected chi connectivity index (χ1v) is 9.05. The largest absolute Gasteiger partial charge is 0.478 e. The van der Waals surface area contributed by atoms with Crippen LogP contribution in [0.5, 0.6) is 0 Å². The van der Waals surface area contributed by atoms with Crippen LogP contribution >= 0.6 is 11.6 Å². The number of carbonyl (C=O) groups is 2. The minimum atomic E-state index is -1.12. The molecular weight excluding hydrogens is 394 g/mol. The van der Waals surface area contributed by atoms with E-state index in [0.29, 0.717) is 17.1 Å². The molecule has 0 aliphatic carbocycles. The molecule has 2 aromatic carbocycles. The van der Waals surface area contributed by atoms with E-state index in [4.69, 9.17) is 21.1 Å². The predicted molar refractivity (Wildman–Crippen MR) is 112 cm³/mol. The Balaban J connectivity index is 1.56. The van der Waals surface area contributed by atoms with Gasteiger partial charge in [-0.2, -0.15) is 5.10 Å². The number of amides is 1. The lowest BCUT2D eigenvalue weighted by molar-refractivity contribution is -0.119. The van der Waals surface area contributed by atoms with Crippen LogP contribution in [0.25, 0.3) is 11.3 Å². The van der Waals surface area contributed by atoms with Gasteiger partial charge in [-0.25, -0.2) is 10.2 Å². The van der Waals surface area contributed by atoms with Crippen LogP contribution in [0, 0.1) is 6.92 Å². The molecule has 3 aromatic rings. The molecule has 0 spiro atoms. The van der Waals surface area contributed by atoms with Gasteiger partial charge in [0, 0.05) is 11.3 Å². The van der Waals surface area contributed by atoms with Crippen molar-refractivity contribution < 1.29 is 19.1 Å². The number of nitrogens with zero attached hydrogens (tertiary/aromatic N) is 1. The van der Waals surface area contributed by atoms with E-state index >= 15 is 0 Å². The molecule has 0 unspecified atom stereocenters. The highest BCUT2D eigenvalue weighted by Crippen LogP contribution is 2.26. The van der Waals surface area contributed by atoms with Gasteiger partial charge in [-0.15, -0.1) is 0 Å². The number of hydrogen-bond acceptors (Lipinski definition) is 5. The van der Waals surface area contributed by atoms with Crippen LogP contribution in [-0.4, -0.2) is 29.7 Å². The van der Waals surface area contributed by atoms with Gasteiger partial charge in [0.25, 0.3) is 5.91 Å². The van der Waals surface area contributed by atoms with Gasteiger partial charge in [0.05, 0.1) is 23.3 Å². The van der Waals surface area contributed by atoms with E-state index in [1.165, 1.54) is 18.3 Å². The standard InChI is InChI=1S/C21H18ClN3O4/c1-13-2-5-15(6-3-13)23-12-20(26)25-24-11-16-7-9-19(29-16)14-4-8-18(22)17(10-14)21(27)28/h2-11,23H,12H2,1H3,(H,25,26)(H,27,28)/b24-11-. The Kier molecular flexibility index (Phi) is 6.31. The number of rotatable bonds is 7. The molecule has 0 radical (unpaired) electrons. The van der Waals surface area contributed by atoms with Gasteiger partial charge in [0.15, 0.2) is 0 Å². The SMILES string of the molecule is Cc1ccc(NCC(=O)N/N=C\c2ccc(-c3ccc(Cl)c(C(=O)O)c3)o2)cc1. The summed E-state index contributed by atoms with van der Waals surface area (Å²) in [5.74, 6) is -0.568. The van der Waals surface area contributed by atoms with Gasteiger partial charge in [0.1, 0.15) is 11.5 Å². The summed E-state index contributed by atoms with van der Waals surface area (Å²) in [7, 11) is 0. The van der Waals surface area contributed by atoms with E-state index in [-0.39, 0.29) is 23.0 Å². The third-order valence-electron chi connectivity index (χ3n) is 3.99. The van der Waals surface area contributed by atoms with Crippen molar-refractivity contribution in [1.29, 1.82) is 0 Å².